The van der Waals surface area contributed by atoms with Gasteiger partial charge >= 0.3 is 0 Å². The number of piperazine rings is 1. The predicted octanol–water partition coefficient (Wildman–Crippen LogP) is 1.51. The quantitative estimate of drug-likeness (QED) is 0.876. The molecule has 4 nitrogen and oxygen atoms in total. The zero-order valence-electron chi connectivity index (χ0n) is 11.4. The number of nitrogens with zero attached hydrogens (tertiary/aromatic N) is 3. The van der Waals surface area contributed by atoms with Gasteiger partial charge in [0.25, 0.3) is 0 Å². The van der Waals surface area contributed by atoms with Gasteiger partial charge in [0, 0.05) is 38.4 Å². The first-order valence-corrected chi connectivity index (χ1v) is 7.43. The molecule has 1 N–H and O–H groups in total. The van der Waals surface area contributed by atoms with Gasteiger partial charge in [-0.2, -0.15) is 0 Å². The lowest BCUT2D eigenvalue weighted by Gasteiger charge is -2.43. The van der Waals surface area contributed by atoms with Crippen molar-refractivity contribution in [2.75, 3.05) is 31.1 Å². The lowest BCUT2D eigenvalue weighted by Crippen LogP contribution is -2.54. The Hall–Kier alpha value is -1.13. The van der Waals surface area contributed by atoms with Crippen LogP contribution in [0.3, 0.4) is 0 Å². The van der Waals surface area contributed by atoms with Crippen LogP contribution in [-0.4, -0.2) is 53.3 Å². The Morgan fingerprint density at radius 2 is 1.84 bits per heavy atom. The van der Waals surface area contributed by atoms with Crippen LogP contribution in [0.25, 0.3) is 0 Å². The Morgan fingerprint density at radius 3 is 2.53 bits per heavy atom. The molecular weight excluding hydrogens is 238 g/mol. The molecule has 3 rings (SSSR count). The van der Waals surface area contributed by atoms with E-state index in [1.54, 1.807) is 0 Å². The summed E-state index contributed by atoms with van der Waals surface area (Å²) in [5, 5.41) is 10.1. The SMILES string of the molecule is O[C@@H]1CCCC[C@H]1N1CCN(c2ccccn2)CC1. The molecule has 0 unspecified atom stereocenters. The van der Waals surface area contributed by atoms with Gasteiger partial charge < -0.3 is 10.0 Å². The molecule has 4 heteroatoms. The Morgan fingerprint density at radius 1 is 1.05 bits per heavy atom. The van der Waals surface area contributed by atoms with Crippen LogP contribution in [0.1, 0.15) is 25.7 Å². The minimum atomic E-state index is -0.116. The van der Waals surface area contributed by atoms with Crippen LogP contribution in [0.4, 0.5) is 5.82 Å². The molecule has 19 heavy (non-hydrogen) atoms. The third kappa shape index (κ3) is 2.90. The molecule has 2 atom stereocenters. The van der Waals surface area contributed by atoms with Gasteiger partial charge in [-0.1, -0.05) is 18.9 Å². The summed E-state index contributed by atoms with van der Waals surface area (Å²) in [6.07, 6.45) is 6.33. The summed E-state index contributed by atoms with van der Waals surface area (Å²) in [6.45, 7) is 4.11. The van der Waals surface area contributed by atoms with Crippen LogP contribution in [0, 0.1) is 0 Å². The number of rotatable bonds is 2. The molecule has 0 radical (unpaired) electrons. The van der Waals surface area contributed by atoms with E-state index in [1.807, 2.05) is 18.3 Å². The van der Waals surface area contributed by atoms with Crippen LogP contribution >= 0.6 is 0 Å². The second-order valence-corrected chi connectivity index (χ2v) is 5.63. The van der Waals surface area contributed by atoms with Crippen molar-refractivity contribution < 1.29 is 5.11 Å². The number of aliphatic hydroxyl groups excluding tert-OH is 1. The van der Waals surface area contributed by atoms with Crippen molar-refractivity contribution in [2.45, 2.75) is 37.8 Å². The standard InChI is InChI=1S/C15H23N3O/c19-14-6-2-1-5-13(14)17-9-11-18(12-10-17)15-7-3-4-8-16-15/h3-4,7-8,13-14,19H,1-2,5-6,9-12H2/t13-,14-/m1/s1. The summed E-state index contributed by atoms with van der Waals surface area (Å²) in [5.74, 6) is 1.08. The van der Waals surface area contributed by atoms with E-state index in [9.17, 15) is 5.11 Å². The van der Waals surface area contributed by atoms with Gasteiger partial charge in [0.1, 0.15) is 5.82 Å². The maximum atomic E-state index is 10.1. The highest BCUT2D eigenvalue weighted by Gasteiger charge is 2.30. The molecule has 0 bridgehead atoms. The van der Waals surface area contributed by atoms with Crippen molar-refractivity contribution in [3.05, 3.63) is 24.4 Å². The van der Waals surface area contributed by atoms with E-state index in [0.29, 0.717) is 6.04 Å². The molecule has 1 aliphatic carbocycles. The predicted molar refractivity (Wildman–Crippen MR) is 76.3 cm³/mol. The first-order valence-electron chi connectivity index (χ1n) is 7.43. The maximum Gasteiger partial charge on any atom is 0.128 e. The van der Waals surface area contributed by atoms with Gasteiger partial charge in [-0.05, 0) is 25.0 Å². The van der Waals surface area contributed by atoms with E-state index in [2.05, 4.69) is 20.9 Å². The molecule has 1 saturated heterocycles. The highest BCUT2D eigenvalue weighted by atomic mass is 16.3. The number of pyridine rings is 1. The first kappa shape index (κ1) is 12.9. The molecule has 2 heterocycles. The minimum Gasteiger partial charge on any atom is -0.391 e. The van der Waals surface area contributed by atoms with Crippen molar-refractivity contribution >= 4 is 5.82 Å². The normalized spacial score (nSPS) is 29.4. The summed E-state index contributed by atoms with van der Waals surface area (Å²) in [6, 6.07) is 6.46. The minimum absolute atomic E-state index is 0.116. The third-order valence-corrected chi connectivity index (χ3v) is 4.45. The number of hydrogen-bond donors (Lipinski definition) is 1. The van der Waals surface area contributed by atoms with Gasteiger partial charge in [-0.3, -0.25) is 4.90 Å². The van der Waals surface area contributed by atoms with E-state index in [1.165, 1.54) is 12.8 Å². The monoisotopic (exact) mass is 261 g/mol. The molecule has 2 fully saturated rings. The lowest BCUT2D eigenvalue weighted by molar-refractivity contribution is 0.0172. The fraction of sp³-hybridized carbons (Fsp3) is 0.667. The summed E-state index contributed by atoms with van der Waals surface area (Å²) < 4.78 is 0. The zero-order chi connectivity index (χ0) is 13.1. The highest BCUT2D eigenvalue weighted by molar-refractivity contribution is 5.38. The van der Waals surface area contributed by atoms with Crippen LogP contribution in [0.2, 0.25) is 0 Å². The molecule has 104 valence electrons. The van der Waals surface area contributed by atoms with Crippen LogP contribution in [0.5, 0.6) is 0 Å². The first-order chi connectivity index (χ1) is 9.34. The van der Waals surface area contributed by atoms with Gasteiger partial charge in [0.15, 0.2) is 0 Å². The summed E-state index contributed by atoms with van der Waals surface area (Å²) in [5.41, 5.74) is 0. The van der Waals surface area contributed by atoms with E-state index in [4.69, 9.17) is 0 Å². The van der Waals surface area contributed by atoms with Gasteiger partial charge in [-0.25, -0.2) is 4.98 Å². The van der Waals surface area contributed by atoms with Crippen LogP contribution in [-0.2, 0) is 0 Å². The molecule has 1 aromatic rings. The topological polar surface area (TPSA) is 39.6 Å². The zero-order valence-corrected chi connectivity index (χ0v) is 11.4. The van der Waals surface area contributed by atoms with E-state index >= 15 is 0 Å². The fourth-order valence-corrected chi connectivity index (χ4v) is 3.34. The fourth-order valence-electron chi connectivity index (χ4n) is 3.34. The van der Waals surface area contributed by atoms with Crippen molar-refractivity contribution in [1.82, 2.24) is 9.88 Å². The summed E-state index contributed by atoms with van der Waals surface area (Å²) in [7, 11) is 0. The maximum absolute atomic E-state index is 10.1. The Labute approximate surface area is 115 Å². The average molecular weight is 261 g/mol. The van der Waals surface area contributed by atoms with Crippen LogP contribution in [0.15, 0.2) is 24.4 Å². The molecule has 1 aromatic heterocycles. The Bertz CT molecular complexity index is 390. The van der Waals surface area contributed by atoms with Gasteiger partial charge in [0.05, 0.1) is 6.10 Å². The van der Waals surface area contributed by atoms with Crippen LogP contribution < -0.4 is 4.90 Å². The molecule has 1 aliphatic heterocycles. The van der Waals surface area contributed by atoms with Crippen molar-refractivity contribution in [2.24, 2.45) is 0 Å². The van der Waals surface area contributed by atoms with Gasteiger partial charge in [-0.15, -0.1) is 0 Å². The molecule has 0 amide bonds. The number of anilines is 1. The number of hydrogen-bond acceptors (Lipinski definition) is 4. The number of aliphatic hydroxyl groups is 1. The van der Waals surface area contributed by atoms with Crippen molar-refractivity contribution in [3.8, 4) is 0 Å². The second-order valence-electron chi connectivity index (χ2n) is 5.63. The third-order valence-electron chi connectivity index (χ3n) is 4.45. The van der Waals surface area contributed by atoms with E-state index in [-0.39, 0.29) is 6.10 Å². The highest BCUT2D eigenvalue weighted by Crippen LogP contribution is 2.24. The van der Waals surface area contributed by atoms with Crippen molar-refractivity contribution in [3.63, 3.8) is 0 Å². The van der Waals surface area contributed by atoms with Gasteiger partial charge in [0.2, 0.25) is 0 Å². The lowest BCUT2D eigenvalue weighted by atomic mass is 9.91. The Balaban J connectivity index is 1.57. The number of aromatic nitrogens is 1. The van der Waals surface area contributed by atoms with E-state index < -0.39 is 0 Å². The molecule has 1 saturated carbocycles. The molecule has 0 aromatic carbocycles. The Kier molecular flexibility index (Phi) is 3.99. The van der Waals surface area contributed by atoms with Crippen molar-refractivity contribution in [1.29, 1.82) is 0 Å². The largest absolute Gasteiger partial charge is 0.391 e. The molecule has 2 aliphatic rings. The smallest absolute Gasteiger partial charge is 0.128 e. The second kappa shape index (κ2) is 5.88. The average Bonchev–Trinajstić information content (AvgIpc) is 2.49. The molecule has 0 spiro atoms. The summed E-state index contributed by atoms with van der Waals surface area (Å²) >= 11 is 0. The van der Waals surface area contributed by atoms with E-state index in [0.717, 1.165) is 44.8 Å². The molecular formula is C15H23N3O. The summed E-state index contributed by atoms with van der Waals surface area (Å²) in [4.78, 5) is 9.23.